The molecule has 2 aromatic carbocycles. The average Bonchev–Trinajstić information content (AvgIpc) is 3.23. The lowest BCUT2D eigenvalue weighted by Crippen LogP contribution is -2.36. The highest BCUT2D eigenvalue weighted by Gasteiger charge is 2.41. The quantitative estimate of drug-likeness (QED) is 0.315. The van der Waals surface area contributed by atoms with E-state index in [2.05, 4.69) is 26.1 Å². The van der Waals surface area contributed by atoms with Crippen molar-refractivity contribution >= 4 is 46.7 Å². The lowest BCUT2D eigenvalue weighted by molar-refractivity contribution is -0.118. The van der Waals surface area contributed by atoms with Gasteiger partial charge >= 0.3 is 0 Å². The molecule has 1 N–H and O–H groups in total. The molecule has 0 saturated heterocycles. The fourth-order valence-electron chi connectivity index (χ4n) is 4.72. The Morgan fingerprint density at radius 2 is 1.86 bits per heavy atom. The first-order chi connectivity index (χ1) is 17.3. The van der Waals surface area contributed by atoms with E-state index in [1.807, 2.05) is 35.0 Å². The van der Waals surface area contributed by atoms with Crippen molar-refractivity contribution in [2.75, 3.05) is 11.1 Å². The van der Waals surface area contributed by atoms with Crippen LogP contribution in [0.15, 0.2) is 58.9 Å². The van der Waals surface area contributed by atoms with E-state index in [1.165, 1.54) is 0 Å². The highest BCUT2D eigenvalue weighted by Crippen LogP contribution is 2.45. The molecule has 1 aliphatic heterocycles. The van der Waals surface area contributed by atoms with Gasteiger partial charge in [-0.1, -0.05) is 73.9 Å². The number of anilines is 1. The zero-order chi connectivity index (χ0) is 25.4. The third-order valence-electron chi connectivity index (χ3n) is 6.39. The van der Waals surface area contributed by atoms with E-state index in [1.54, 1.807) is 23.9 Å². The van der Waals surface area contributed by atoms with Gasteiger partial charge in [-0.05, 0) is 48.1 Å². The van der Waals surface area contributed by atoms with E-state index in [0.717, 1.165) is 41.0 Å². The van der Waals surface area contributed by atoms with Gasteiger partial charge in [-0.2, -0.15) is 4.98 Å². The van der Waals surface area contributed by atoms with Crippen LogP contribution in [0.3, 0.4) is 0 Å². The molecule has 0 bridgehead atoms. The zero-order valence-electron chi connectivity index (χ0n) is 20.5. The maximum Gasteiger partial charge on any atom is 0.227 e. The number of rotatable bonds is 7. The van der Waals surface area contributed by atoms with E-state index in [0.29, 0.717) is 33.3 Å². The number of halogens is 2. The van der Waals surface area contributed by atoms with Crippen LogP contribution < -0.4 is 10.1 Å². The van der Waals surface area contributed by atoms with Crippen LogP contribution in [-0.2, 0) is 11.4 Å². The van der Waals surface area contributed by atoms with Gasteiger partial charge < -0.3 is 10.1 Å². The Hall–Kier alpha value is -2.48. The summed E-state index contributed by atoms with van der Waals surface area (Å²) in [5.74, 6) is 2.45. The van der Waals surface area contributed by atoms with E-state index in [9.17, 15) is 4.79 Å². The summed E-state index contributed by atoms with van der Waals surface area (Å²) in [4.78, 5) is 18.1. The third-order valence-corrected chi connectivity index (χ3v) is 8.14. The SMILES string of the molecule is CCCSc1nc2n(n1)C(c1ccc(OCc3c(Cl)cccc3Cl)cc1)C1=C(CC(C)(C)CC1=O)N2. The van der Waals surface area contributed by atoms with Crippen LogP contribution in [0.4, 0.5) is 5.95 Å². The molecule has 188 valence electrons. The van der Waals surface area contributed by atoms with Gasteiger partial charge in [0.2, 0.25) is 11.1 Å². The second kappa shape index (κ2) is 10.1. The summed E-state index contributed by atoms with van der Waals surface area (Å²) >= 11 is 14.2. The fourth-order valence-corrected chi connectivity index (χ4v) is 5.91. The summed E-state index contributed by atoms with van der Waals surface area (Å²) < 4.78 is 7.82. The fraction of sp³-hybridized carbons (Fsp3) is 0.370. The van der Waals surface area contributed by atoms with E-state index in [-0.39, 0.29) is 23.8 Å². The van der Waals surface area contributed by atoms with Gasteiger partial charge in [0.05, 0.1) is 0 Å². The van der Waals surface area contributed by atoms with E-state index >= 15 is 0 Å². The second-order valence-corrected chi connectivity index (χ2v) is 11.8. The number of nitrogens with zero attached hydrogens (tertiary/aromatic N) is 3. The smallest absolute Gasteiger partial charge is 0.227 e. The molecule has 0 saturated carbocycles. The van der Waals surface area contributed by atoms with E-state index < -0.39 is 0 Å². The number of fused-ring (bicyclic) bond motifs is 1. The number of ketones is 1. The number of allylic oxidation sites excluding steroid dienone is 2. The molecule has 0 radical (unpaired) electrons. The molecule has 9 heteroatoms. The van der Waals surface area contributed by atoms with Crippen molar-refractivity contribution in [1.29, 1.82) is 0 Å². The van der Waals surface area contributed by atoms with Crippen molar-refractivity contribution < 1.29 is 9.53 Å². The molecule has 5 rings (SSSR count). The molecule has 1 unspecified atom stereocenters. The highest BCUT2D eigenvalue weighted by atomic mass is 35.5. The minimum absolute atomic E-state index is 0.104. The summed E-state index contributed by atoms with van der Waals surface area (Å²) in [6.07, 6.45) is 2.33. The van der Waals surface area contributed by atoms with Gasteiger partial charge in [0, 0.05) is 39.1 Å². The summed E-state index contributed by atoms with van der Waals surface area (Å²) in [7, 11) is 0. The minimum Gasteiger partial charge on any atom is -0.489 e. The van der Waals surface area contributed by atoms with Crippen LogP contribution in [0, 0.1) is 5.41 Å². The van der Waals surface area contributed by atoms with Crippen LogP contribution in [-0.4, -0.2) is 26.3 Å². The summed E-state index contributed by atoms with van der Waals surface area (Å²) in [6, 6.07) is 12.8. The first-order valence-electron chi connectivity index (χ1n) is 12.0. The first-order valence-corrected chi connectivity index (χ1v) is 13.8. The number of aromatic nitrogens is 3. The average molecular weight is 544 g/mol. The van der Waals surface area contributed by atoms with Crippen LogP contribution in [0.5, 0.6) is 5.75 Å². The summed E-state index contributed by atoms with van der Waals surface area (Å²) in [5, 5.41) is 10.1. The van der Waals surface area contributed by atoms with Gasteiger partial charge in [-0.25, -0.2) is 4.68 Å². The van der Waals surface area contributed by atoms with Crippen LogP contribution in [0.25, 0.3) is 0 Å². The molecular weight excluding hydrogens is 515 g/mol. The number of carbonyl (C=O) groups excluding carboxylic acids is 1. The van der Waals surface area contributed by atoms with E-state index in [4.69, 9.17) is 38.0 Å². The van der Waals surface area contributed by atoms with Gasteiger partial charge in [0.15, 0.2) is 5.78 Å². The second-order valence-electron chi connectivity index (χ2n) is 9.93. The van der Waals surface area contributed by atoms with Crippen molar-refractivity contribution in [3.63, 3.8) is 0 Å². The van der Waals surface area contributed by atoms with Crippen molar-refractivity contribution in [3.05, 3.63) is 74.9 Å². The highest BCUT2D eigenvalue weighted by molar-refractivity contribution is 7.99. The predicted octanol–water partition coefficient (Wildman–Crippen LogP) is 7.32. The standard InChI is InChI=1S/C27H28Cl2N4O2S/c1-4-12-36-26-31-25-30-21-13-27(2,3)14-22(34)23(21)24(33(25)32-26)16-8-10-17(11-9-16)35-15-18-19(28)6-5-7-20(18)29/h5-11,24H,4,12-15H2,1-3H3,(H,30,31,32). The molecule has 1 aliphatic carbocycles. The van der Waals surface area contributed by atoms with Crippen molar-refractivity contribution in [2.45, 2.75) is 57.8 Å². The Morgan fingerprint density at radius 1 is 1.14 bits per heavy atom. The monoisotopic (exact) mass is 542 g/mol. The van der Waals surface area contributed by atoms with Gasteiger partial charge in [0.25, 0.3) is 0 Å². The number of Topliss-reactive ketones (excluding diaryl/α,β-unsaturated/α-hetero) is 1. The molecular formula is C27H28Cl2N4O2S. The maximum atomic E-state index is 13.4. The third kappa shape index (κ3) is 5.01. The Balaban J connectivity index is 1.46. The number of thioether (sulfide) groups is 1. The van der Waals surface area contributed by atoms with Crippen LogP contribution in [0.1, 0.15) is 57.2 Å². The molecule has 0 amide bonds. The normalized spacial score (nSPS) is 18.5. The molecule has 0 spiro atoms. The Kier molecular flexibility index (Phi) is 7.07. The number of nitrogens with one attached hydrogen (secondary N) is 1. The largest absolute Gasteiger partial charge is 0.489 e. The van der Waals surface area contributed by atoms with Crippen molar-refractivity contribution in [3.8, 4) is 5.75 Å². The number of carbonyl (C=O) groups is 1. The minimum atomic E-state index is -0.338. The number of hydrogen-bond acceptors (Lipinski definition) is 6. The topological polar surface area (TPSA) is 69.0 Å². The van der Waals surface area contributed by atoms with Gasteiger partial charge in [-0.3, -0.25) is 4.79 Å². The molecule has 2 aliphatic rings. The molecule has 3 aromatic rings. The zero-order valence-corrected chi connectivity index (χ0v) is 22.8. The van der Waals surface area contributed by atoms with Crippen LogP contribution in [0.2, 0.25) is 10.0 Å². The maximum absolute atomic E-state index is 13.4. The van der Waals surface area contributed by atoms with Crippen molar-refractivity contribution in [1.82, 2.24) is 14.8 Å². The predicted molar refractivity (Wildman–Crippen MR) is 145 cm³/mol. The lowest BCUT2D eigenvalue weighted by Gasteiger charge is -2.38. The summed E-state index contributed by atoms with van der Waals surface area (Å²) in [6.45, 7) is 6.66. The Bertz CT molecular complexity index is 1310. The molecule has 1 atom stereocenters. The number of ether oxygens (including phenoxy) is 1. The number of hydrogen-bond donors (Lipinski definition) is 1. The molecule has 36 heavy (non-hydrogen) atoms. The van der Waals surface area contributed by atoms with Crippen LogP contribution >= 0.6 is 35.0 Å². The molecule has 6 nitrogen and oxygen atoms in total. The van der Waals surface area contributed by atoms with Gasteiger partial charge in [-0.15, -0.1) is 5.10 Å². The van der Waals surface area contributed by atoms with Gasteiger partial charge in [0.1, 0.15) is 18.4 Å². The Labute approximate surface area is 225 Å². The molecule has 0 fully saturated rings. The Morgan fingerprint density at radius 3 is 2.56 bits per heavy atom. The molecule has 2 heterocycles. The molecule has 1 aromatic heterocycles. The first kappa shape index (κ1) is 25.2. The lowest BCUT2D eigenvalue weighted by atomic mass is 9.73. The number of benzene rings is 2. The van der Waals surface area contributed by atoms with Crippen molar-refractivity contribution in [2.24, 2.45) is 5.41 Å². The summed E-state index contributed by atoms with van der Waals surface area (Å²) in [5.41, 5.74) is 3.32.